The molecular formula is C21H21N3O3. The Balaban J connectivity index is 1.36. The molecule has 1 aromatic heterocycles. The van der Waals surface area contributed by atoms with Gasteiger partial charge in [-0.05, 0) is 18.6 Å². The van der Waals surface area contributed by atoms with Crippen LogP contribution in [0.3, 0.4) is 0 Å². The molecule has 4 rings (SSSR count). The second-order valence-corrected chi connectivity index (χ2v) is 6.81. The fourth-order valence-electron chi connectivity index (χ4n) is 3.28. The maximum absolute atomic E-state index is 12.6. The molecule has 3 aromatic rings. The van der Waals surface area contributed by atoms with Gasteiger partial charge in [0.25, 0.3) is 5.56 Å². The van der Waals surface area contributed by atoms with Crippen molar-refractivity contribution < 1.29 is 9.53 Å². The van der Waals surface area contributed by atoms with Gasteiger partial charge in [-0.1, -0.05) is 48.5 Å². The van der Waals surface area contributed by atoms with Gasteiger partial charge in [-0.2, -0.15) is 5.10 Å². The Labute approximate surface area is 157 Å². The van der Waals surface area contributed by atoms with Crippen LogP contribution in [-0.4, -0.2) is 39.8 Å². The average Bonchev–Trinajstić information content (AvgIpc) is 2.65. The summed E-state index contributed by atoms with van der Waals surface area (Å²) in [5.41, 5.74) is 1.62. The van der Waals surface area contributed by atoms with Crippen molar-refractivity contribution in [3.8, 4) is 0 Å². The van der Waals surface area contributed by atoms with E-state index in [1.807, 2.05) is 55.5 Å². The molecule has 27 heavy (non-hydrogen) atoms. The van der Waals surface area contributed by atoms with E-state index in [1.165, 1.54) is 4.68 Å². The van der Waals surface area contributed by atoms with Crippen molar-refractivity contribution >= 4 is 16.7 Å². The van der Waals surface area contributed by atoms with E-state index in [0.29, 0.717) is 25.1 Å². The third-order valence-electron chi connectivity index (χ3n) is 4.87. The number of nitrogens with zero attached hydrogens (tertiary/aromatic N) is 3. The second kappa shape index (κ2) is 7.32. The van der Waals surface area contributed by atoms with Crippen molar-refractivity contribution in [1.82, 2.24) is 14.7 Å². The molecule has 1 aliphatic rings. The molecular weight excluding hydrogens is 342 g/mol. The van der Waals surface area contributed by atoms with Gasteiger partial charge in [0, 0.05) is 18.5 Å². The molecule has 0 saturated carbocycles. The van der Waals surface area contributed by atoms with E-state index in [9.17, 15) is 9.59 Å². The molecule has 0 atom stereocenters. The van der Waals surface area contributed by atoms with Gasteiger partial charge in [0.05, 0.1) is 23.8 Å². The average molecular weight is 363 g/mol. The topological polar surface area (TPSA) is 64.4 Å². The van der Waals surface area contributed by atoms with Crippen LogP contribution < -0.4 is 5.56 Å². The van der Waals surface area contributed by atoms with Crippen LogP contribution in [0.2, 0.25) is 0 Å². The molecule has 2 aromatic carbocycles. The van der Waals surface area contributed by atoms with Crippen LogP contribution in [0.1, 0.15) is 11.3 Å². The van der Waals surface area contributed by atoms with Crippen LogP contribution >= 0.6 is 0 Å². The Hall–Kier alpha value is -2.99. The number of aryl methyl sites for hydroxylation is 1. The van der Waals surface area contributed by atoms with Crippen LogP contribution in [0.5, 0.6) is 0 Å². The number of carbonyl (C=O) groups excluding carboxylic acids is 1. The van der Waals surface area contributed by atoms with Crippen molar-refractivity contribution in [2.75, 3.05) is 13.1 Å². The molecule has 0 bridgehead atoms. The van der Waals surface area contributed by atoms with Gasteiger partial charge in [-0.15, -0.1) is 0 Å². The summed E-state index contributed by atoms with van der Waals surface area (Å²) in [7, 11) is 0. The first-order valence-corrected chi connectivity index (χ1v) is 9.01. The number of likely N-dealkylation sites (tertiary alicyclic amines) is 1. The van der Waals surface area contributed by atoms with Crippen molar-refractivity contribution in [2.24, 2.45) is 0 Å². The quantitative estimate of drug-likeness (QED) is 0.697. The highest BCUT2D eigenvalue weighted by Crippen LogP contribution is 2.15. The number of hydrogen-bond donors (Lipinski definition) is 0. The zero-order chi connectivity index (χ0) is 18.8. The van der Waals surface area contributed by atoms with Crippen LogP contribution in [0.15, 0.2) is 59.4 Å². The summed E-state index contributed by atoms with van der Waals surface area (Å²) in [6.45, 7) is 3.44. The lowest BCUT2D eigenvalue weighted by Gasteiger charge is -2.38. The van der Waals surface area contributed by atoms with E-state index < -0.39 is 0 Å². The van der Waals surface area contributed by atoms with E-state index in [4.69, 9.17) is 4.74 Å². The number of carbonyl (C=O) groups is 1. The molecule has 0 radical (unpaired) electrons. The Morgan fingerprint density at radius 3 is 2.48 bits per heavy atom. The Kier molecular flexibility index (Phi) is 4.73. The molecule has 138 valence electrons. The number of rotatable bonds is 5. The predicted octanol–water partition coefficient (Wildman–Crippen LogP) is 2.13. The first-order chi connectivity index (χ1) is 13.1. The van der Waals surface area contributed by atoms with Gasteiger partial charge in [0.1, 0.15) is 6.54 Å². The predicted molar refractivity (Wildman–Crippen MR) is 102 cm³/mol. The monoisotopic (exact) mass is 363 g/mol. The minimum atomic E-state index is -0.234. The van der Waals surface area contributed by atoms with Gasteiger partial charge in [0.15, 0.2) is 0 Å². The first kappa shape index (κ1) is 17.4. The molecule has 0 aliphatic carbocycles. The van der Waals surface area contributed by atoms with Crippen LogP contribution in [0.25, 0.3) is 10.8 Å². The smallest absolute Gasteiger partial charge is 0.275 e. The molecule has 2 heterocycles. The van der Waals surface area contributed by atoms with Gasteiger partial charge in [0.2, 0.25) is 5.91 Å². The molecule has 1 amide bonds. The minimum Gasteiger partial charge on any atom is -0.370 e. The summed E-state index contributed by atoms with van der Waals surface area (Å²) in [6.07, 6.45) is 0.0391. The minimum absolute atomic E-state index is 0.0391. The van der Waals surface area contributed by atoms with E-state index >= 15 is 0 Å². The largest absolute Gasteiger partial charge is 0.370 e. The van der Waals surface area contributed by atoms with Gasteiger partial charge in [-0.3, -0.25) is 9.59 Å². The van der Waals surface area contributed by atoms with Gasteiger partial charge >= 0.3 is 0 Å². The summed E-state index contributed by atoms with van der Waals surface area (Å²) in [5.74, 6) is -0.112. The fourth-order valence-corrected chi connectivity index (χ4v) is 3.28. The molecule has 6 nitrogen and oxygen atoms in total. The standard InChI is InChI=1S/C21H21N3O3/c1-15-18-9-5-6-10-19(18)21(26)24(22-15)13-20(25)23-11-17(12-23)27-14-16-7-3-2-4-8-16/h2-10,17H,11-14H2,1H3. The zero-order valence-electron chi connectivity index (χ0n) is 15.2. The van der Waals surface area contributed by atoms with Gasteiger partial charge in [-0.25, -0.2) is 4.68 Å². The van der Waals surface area contributed by atoms with Crippen molar-refractivity contribution in [1.29, 1.82) is 0 Å². The first-order valence-electron chi connectivity index (χ1n) is 9.01. The summed E-state index contributed by atoms with van der Waals surface area (Å²) in [6, 6.07) is 17.3. The highest BCUT2D eigenvalue weighted by Gasteiger charge is 2.31. The highest BCUT2D eigenvalue weighted by atomic mass is 16.5. The maximum Gasteiger partial charge on any atom is 0.275 e. The molecule has 1 fully saturated rings. The summed E-state index contributed by atoms with van der Waals surface area (Å²) >= 11 is 0. The Morgan fingerprint density at radius 2 is 1.74 bits per heavy atom. The lowest BCUT2D eigenvalue weighted by Crippen LogP contribution is -2.56. The van der Waals surface area contributed by atoms with Crippen molar-refractivity contribution in [3.63, 3.8) is 0 Å². The summed E-state index contributed by atoms with van der Waals surface area (Å²) in [4.78, 5) is 26.8. The second-order valence-electron chi connectivity index (χ2n) is 6.81. The lowest BCUT2D eigenvalue weighted by molar-refractivity contribution is -0.146. The fraction of sp³-hybridized carbons (Fsp3) is 0.286. The number of hydrogen-bond acceptors (Lipinski definition) is 4. The number of benzene rings is 2. The molecule has 0 spiro atoms. The summed E-state index contributed by atoms with van der Waals surface area (Å²) < 4.78 is 7.08. The third kappa shape index (κ3) is 3.61. The number of aromatic nitrogens is 2. The number of ether oxygens (including phenoxy) is 1. The molecule has 1 aliphatic heterocycles. The molecule has 1 saturated heterocycles. The molecule has 6 heteroatoms. The Bertz CT molecular complexity index is 1020. The zero-order valence-corrected chi connectivity index (χ0v) is 15.2. The van der Waals surface area contributed by atoms with Crippen LogP contribution in [0, 0.1) is 6.92 Å². The van der Waals surface area contributed by atoms with E-state index in [2.05, 4.69) is 5.10 Å². The SMILES string of the molecule is Cc1nn(CC(=O)N2CC(OCc3ccccc3)C2)c(=O)c2ccccc12. The van der Waals surface area contributed by atoms with E-state index in [1.54, 1.807) is 11.0 Å². The number of amides is 1. The molecule has 0 N–H and O–H groups in total. The van der Waals surface area contributed by atoms with E-state index in [-0.39, 0.29) is 24.1 Å². The Morgan fingerprint density at radius 1 is 1.07 bits per heavy atom. The van der Waals surface area contributed by atoms with Crippen LogP contribution in [-0.2, 0) is 22.7 Å². The highest BCUT2D eigenvalue weighted by molar-refractivity contribution is 5.83. The third-order valence-corrected chi connectivity index (χ3v) is 4.87. The molecule has 0 unspecified atom stereocenters. The van der Waals surface area contributed by atoms with E-state index in [0.717, 1.165) is 16.6 Å². The lowest BCUT2D eigenvalue weighted by atomic mass is 10.1. The van der Waals surface area contributed by atoms with Gasteiger partial charge < -0.3 is 9.64 Å². The maximum atomic E-state index is 12.6. The van der Waals surface area contributed by atoms with Crippen molar-refractivity contribution in [3.05, 3.63) is 76.2 Å². The van der Waals surface area contributed by atoms with Crippen LogP contribution in [0.4, 0.5) is 0 Å². The van der Waals surface area contributed by atoms with Crippen molar-refractivity contribution in [2.45, 2.75) is 26.2 Å². The number of fused-ring (bicyclic) bond motifs is 1. The summed E-state index contributed by atoms with van der Waals surface area (Å²) in [5, 5.41) is 5.71. The normalized spacial score (nSPS) is 14.3.